The van der Waals surface area contributed by atoms with Gasteiger partial charge in [0.1, 0.15) is 11.0 Å². The Kier molecular flexibility index (Phi) is 3.32. The average Bonchev–Trinajstić information content (AvgIpc) is 2.42. The normalized spacial score (nSPS) is 11.0. The van der Waals surface area contributed by atoms with Crippen LogP contribution >= 0.6 is 23.2 Å². The molecule has 3 aromatic rings. The third-order valence-corrected chi connectivity index (χ3v) is 3.66. The quantitative estimate of drug-likeness (QED) is 0.588. The van der Waals surface area contributed by atoms with E-state index in [4.69, 9.17) is 23.2 Å². The smallest absolute Gasteiger partial charge is 0.161 e. The molecule has 3 rings (SSSR count). The number of hydrogen-bond donors (Lipinski definition) is 0. The van der Waals surface area contributed by atoms with E-state index in [1.807, 2.05) is 6.92 Å². The molecule has 2 aromatic carbocycles. The molecule has 2 nitrogen and oxygen atoms in total. The molecule has 0 aliphatic heterocycles. The van der Waals surface area contributed by atoms with Gasteiger partial charge in [-0.15, -0.1) is 0 Å². The van der Waals surface area contributed by atoms with Gasteiger partial charge in [-0.1, -0.05) is 35.3 Å². The van der Waals surface area contributed by atoms with Gasteiger partial charge in [0.25, 0.3) is 0 Å². The van der Waals surface area contributed by atoms with Crippen LogP contribution in [0.5, 0.6) is 0 Å². The van der Waals surface area contributed by atoms with Crippen molar-refractivity contribution in [2.75, 3.05) is 0 Å². The number of aromatic nitrogens is 2. The Bertz CT molecular complexity index is 818. The highest BCUT2D eigenvalue weighted by atomic mass is 35.5. The van der Waals surface area contributed by atoms with Crippen molar-refractivity contribution in [2.24, 2.45) is 0 Å². The van der Waals surface area contributed by atoms with Crippen LogP contribution in [0.3, 0.4) is 0 Å². The zero-order chi connectivity index (χ0) is 14.3. The van der Waals surface area contributed by atoms with Crippen molar-refractivity contribution in [3.05, 3.63) is 58.0 Å². The highest BCUT2D eigenvalue weighted by Gasteiger charge is 2.12. The van der Waals surface area contributed by atoms with Gasteiger partial charge in [0.05, 0.1) is 10.5 Å². The van der Waals surface area contributed by atoms with Crippen LogP contribution in [0.25, 0.3) is 22.3 Å². The first-order valence-corrected chi connectivity index (χ1v) is 6.70. The van der Waals surface area contributed by atoms with Gasteiger partial charge in [0.2, 0.25) is 0 Å². The molecule has 20 heavy (non-hydrogen) atoms. The lowest BCUT2D eigenvalue weighted by Crippen LogP contribution is -1.95. The number of fused-ring (bicyclic) bond motifs is 1. The van der Waals surface area contributed by atoms with E-state index in [9.17, 15) is 4.39 Å². The molecule has 0 amide bonds. The second kappa shape index (κ2) is 5.00. The molecule has 1 aromatic heterocycles. The van der Waals surface area contributed by atoms with Crippen LogP contribution in [0.4, 0.5) is 4.39 Å². The molecule has 100 valence electrons. The number of benzene rings is 2. The largest absolute Gasteiger partial charge is 0.226 e. The molecule has 0 saturated heterocycles. The van der Waals surface area contributed by atoms with E-state index in [1.165, 1.54) is 12.1 Å². The van der Waals surface area contributed by atoms with E-state index in [0.717, 1.165) is 5.56 Å². The first-order valence-electron chi connectivity index (χ1n) is 5.94. The van der Waals surface area contributed by atoms with E-state index in [2.05, 4.69) is 9.97 Å². The fraction of sp³-hybridized carbons (Fsp3) is 0.0667. The Hall–Kier alpha value is -1.71. The third kappa shape index (κ3) is 2.23. The van der Waals surface area contributed by atoms with Crippen LogP contribution in [-0.4, -0.2) is 9.97 Å². The fourth-order valence-corrected chi connectivity index (χ4v) is 2.48. The molecule has 0 bridgehead atoms. The Balaban J connectivity index is 2.32. The number of hydrogen-bond acceptors (Lipinski definition) is 2. The van der Waals surface area contributed by atoms with Crippen LogP contribution in [0.15, 0.2) is 36.4 Å². The van der Waals surface area contributed by atoms with Gasteiger partial charge in [0, 0.05) is 10.9 Å². The zero-order valence-corrected chi connectivity index (χ0v) is 12.0. The van der Waals surface area contributed by atoms with Gasteiger partial charge in [-0.05, 0) is 36.8 Å². The second-order valence-electron chi connectivity index (χ2n) is 4.43. The summed E-state index contributed by atoms with van der Waals surface area (Å²) in [7, 11) is 0. The van der Waals surface area contributed by atoms with Crippen molar-refractivity contribution in [1.29, 1.82) is 0 Å². The lowest BCUT2D eigenvalue weighted by atomic mass is 10.1. The van der Waals surface area contributed by atoms with Gasteiger partial charge in [0.15, 0.2) is 5.82 Å². The number of halogens is 3. The first-order chi connectivity index (χ1) is 9.56. The van der Waals surface area contributed by atoms with Gasteiger partial charge in [-0.3, -0.25) is 0 Å². The highest BCUT2D eigenvalue weighted by Crippen LogP contribution is 2.30. The van der Waals surface area contributed by atoms with Crippen molar-refractivity contribution in [3.63, 3.8) is 0 Å². The van der Waals surface area contributed by atoms with Crippen molar-refractivity contribution in [1.82, 2.24) is 9.97 Å². The summed E-state index contributed by atoms with van der Waals surface area (Å²) in [4.78, 5) is 8.66. The summed E-state index contributed by atoms with van der Waals surface area (Å²) >= 11 is 12.3. The molecule has 1 heterocycles. The van der Waals surface area contributed by atoms with Gasteiger partial charge >= 0.3 is 0 Å². The molecule has 0 aliphatic carbocycles. The molecule has 0 fully saturated rings. The third-order valence-electron chi connectivity index (χ3n) is 3.07. The molecular weight excluding hydrogens is 298 g/mol. The molecule has 0 radical (unpaired) electrons. The summed E-state index contributed by atoms with van der Waals surface area (Å²) in [5.41, 5.74) is 2.04. The summed E-state index contributed by atoms with van der Waals surface area (Å²) in [6, 6.07) is 9.78. The minimum absolute atomic E-state index is 0.302. The fourth-order valence-electron chi connectivity index (χ4n) is 2.04. The number of para-hydroxylation sites is 1. The summed E-state index contributed by atoms with van der Waals surface area (Å²) in [5.74, 6) is 0.0252. The van der Waals surface area contributed by atoms with Crippen LogP contribution in [0.1, 0.15) is 5.56 Å². The zero-order valence-electron chi connectivity index (χ0n) is 10.5. The number of aryl methyl sites for hydroxylation is 1. The molecule has 0 saturated carbocycles. The van der Waals surface area contributed by atoms with E-state index >= 15 is 0 Å². The minimum atomic E-state index is -0.343. The summed E-state index contributed by atoms with van der Waals surface area (Å²) in [6.45, 7) is 1.86. The standard InChI is InChI=1S/C15H9Cl2FN2/c1-8-5-6-9(18)7-11(8)15-19-13-10(14(17)20-15)3-2-4-12(13)16/h2-7H,1H3. The maximum atomic E-state index is 13.4. The predicted molar refractivity (Wildman–Crippen MR) is 79.7 cm³/mol. The van der Waals surface area contributed by atoms with Crippen molar-refractivity contribution < 1.29 is 4.39 Å². The minimum Gasteiger partial charge on any atom is -0.226 e. The van der Waals surface area contributed by atoms with Gasteiger partial charge < -0.3 is 0 Å². The van der Waals surface area contributed by atoms with Crippen LogP contribution in [-0.2, 0) is 0 Å². The van der Waals surface area contributed by atoms with Crippen LogP contribution < -0.4 is 0 Å². The maximum absolute atomic E-state index is 13.4. The average molecular weight is 307 g/mol. The molecule has 0 N–H and O–H groups in total. The Morgan fingerprint density at radius 1 is 1.05 bits per heavy atom. The lowest BCUT2D eigenvalue weighted by molar-refractivity contribution is 0.628. The molecule has 0 atom stereocenters. The van der Waals surface area contributed by atoms with Crippen molar-refractivity contribution in [3.8, 4) is 11.4 Å². The maximum Gasteiger partial charge on any atom is 0.161 e. The van der Waals surface area contributed by atoms with E-state index in [0.29, 0.717) is 32.5 Å². The molecular formula is C15H9Cl2FN2. The van der Waals surface area contributed by atoms with E-state index in [-0.39, 0.29) is 5.82 Å². The number of rotatable bonds is 1. The molecule has 0 spiro atoms. The van der Waals surface area contributed by atoms with Gasteiger partial charge in [-0.2, -0.15) is 0 Å². The Morgan fingerprint density at radius 2 is 1.85 bits per heavy atom. The lowest BCUT2D eigenvalue weighted by Gasteiger charge is -2.08. The van der Waals surface area contributed by atoms with Gasteiger partial charge in [-0.25, -0.2) is 14.4 Å². The molecule has 0 aliphatic rings. The summed E-state index contributed by atoms with van der Waals surface area (Å²) in [5, 5.41) is 1.47. The van der Waals surface area contributed by atoms with Crippen LogP contribution in [0, 0.1) is 12.7 Å². The predicted octanol–water partition coefficient (Wildman–Crippen LogP) is 5.05. The Labute approximate surface area is 125 Å². The van der Waals surface area contributed by atoms with E-state index < -0.39 is 0 Å². The summed E-state index contributed by atoms with van der Waals surface area (Å²) in [6.07, 6.45) is 0. The first kappa shape index (κ1) is 13.3. The topological polar surface area (TPSA) is 25.8 Å². The van der Waals surface area contributed by atoms with Crippen molar-refractivity contribution >= 4 is 34.1 Å². The Morgan fingerprint density at radius 3 is 2.65 bits per heavy atom. The molecule has 5 heteroatoms. The monoisotopic (exact) mass is 306 g/mol. The van der Waals surface area contributed by atoms with E-state index in [1.54, 1.807) is 24.3 Å². The molecule has 0 unspecified atom stereocenters. The summed E-state index contributed by atoms with van der Waals surface area (Å²) < 4.78 is 13.4. The van der Waals surface area contributed by atoms with Crippen molar-refractivity contribution in [2.45, 2.75) is 6.92 Å². The second-order valence-corrected chi connectivity index (χ2v) is 5.20. The SMILES string of the molecule is Cc1ccc(F)cc1-c1nc(Cl)c2cccc(Cl)c2n1. The number of nitrogens with zero attached hydrogens (tertiary/aromatic N) is 2. The van der Waals surface area contributed by atoms with Crippen LogP contribution in [0.2, 0.25) is 10.2 Å². The highest BCUT2D eigenvalue weighted by molar-refractivity contribution is 6.38.